The minimum absolute atomic E-state index is 0.0359. The highest BCUT2D eigenvalue weighted by Crippen LogP contribution is 2.76. The molecule has 0 bridgehead atoms. The second-order valence-corrected chi connectivity index (χ2v) is 15.6. The van der Waals surface area contributed by atoms with Gasteiger partial charge in [0.2, 0.25) is 0 Å². The van der Waals surface area contributed by atoms with E-state index in [4.69, 9.17) is 4.74 Å². The van der Waals surface area contributed by atoms with Crippen LogP contribution in [0.25, 0.3) is 0 Å². The Morgan fingerprint density at radius 1 is 0.974 bits per heavy atom. The Hall–Kier alpha value is -0.950. The van der Waals surface area contributed by atoms with Gasteiger partial charge >= 0.3 is 5.97 Å². The van der Waals surface area contributed by atoms with Crippen molar-refractivity contribution < 1.29 is 30.0 Å². The Labute approximate surface area is 229 Å². The summed E-state index contributed by atoms with van der Waals surface area (Å²) in [6.45, 7) is 17.2. The second-order valence-electron chi connectivity index (χ2n) is 15.6. The molecule has 0 aliphatic heterocycles. The van der Waals surface area contributed by atoms with Crippen LogP contribution in [0.2, 0.25) is 0 Å². The molecule has 0 amide bonds. The molecule has 0 aromatic heterocycles. The van der Waals surface area contributed by atoms with Gasteiger partial charge in [0.15, 0.2) is 0 Å². The van der Waals surface area contributed by atoms with E-state index in [2.05, 4.69) is 40.7 Å². The smallest absolute Gasteiger partial charge is 0.302 e. The molecule has 4 saturated carbocycles. The molecule has 5 aliphatic rings. The standard InChI is InChI=1S/C32H52O6/c1-17(2)20-13-22(35)26-31(8)10-9-19-25(30(31,7)11-12-32(20,26)16-38-18(3)33)21(34)14-24-28(4,5)27(37)23(36)15-29(19,24)6/h9,17,20-27,34-37H,10-16H2,1-8H3/t20-,21-,22+,23+,24?,25?,26?,27-,29+,30-,31+,32+/m0/s1. The van der Waals surface area contributed by atoms with Crippen LogP contribution in [0, 0.1) is 56.7 Å². The normalized spacial score (nSPS) is 53.3. The summed E-state index contributed by atoms with van der Waals surface area (Å²) in [5, 5.41) is 45.6. The Morgan fingerprint density at radius 3 is 2.24 bits per heavy atom. The average Bonchev–Trinajstić information content (AvgIpc) is 3.12. The second kappa shape index (κ2) is 8.77. The van der Waals surface area contributed by atoms with Gasteiger partial charge in [-0.25, -0.2) is 0 Å². The highest BCUT2D eigenvalue weighted by atomic mass is 16.5. The molecule has 5 rings (SSSR count). The number of carbonyl (C=O) groups is 1. The molecule has 5 aliphatic carbocycles. The van der Waals surface area contributed by atoms with E-state index in [1.165, 1.54) is 12.5 Å². The van der Waals surface area contributed by atoms with E-state index >= 15 is 0 Å². The first-order valence-electron chi connectivity index (χ1n) is 15.0. The van der Waals surface area contributed by atoms with Crippen LogP contribution >= 0.6 is 0 Å². The molecule has 0 saturated heterocycles. The number of aliphatic hydroxyl groups excluding tert-OH is 4. The molecule has 38 heavy (non-hydrogen) atoms. The van der Waals surface area contributed by atoms with E-state index in [9.17, 15) is 25.2 Å². The summed E-state index contributed by atoms with van der Waals surface area (Å²) in [7, 11) is 0. The molecule has 4 fully saturated rings. The maximum atomic E-state index is 12.0. The predicted octanol–water partition coefficient (Wildman–Crippen LogP) is 4.48. The van der Waals surface area contributed by atoms with Crippen LogP contribution in [-0.4, -0.2) is 57.4 Å². The zero-order chi connectivity index (χ0) is 28.2. The molecule has 0 heterocycles. The van der Waals surface area contributed by atoms with Gasteiger partial charge in [-0.15, -0.1) is 0 Å². The summed E-state index contributed by atoms with van der Waals surface area (Å²) in [6.07, 6.45) is 4.07. The van der Waals surface area contributed by atoms with Crippen molar-refractivity contribution in [1.82, 2.24) is 0 Å². The lowest BCUT2D eigenvalue weighted by Crippen LogP contribution is -2.68. The summed E-state index contributed by atoms with van der Waals surface area (Å²) in [6, 6.07) is 0. The summed E-state index contributed by atoms with van der Waals surface area (Å²) in [5.41, 5.74) is -0.392. The Kier molecular flexibility index (Phi) is 6.60. The Balaban J connectivity index is 1.62. The SMILES string of the molecule is CC(=O)OC[C@@]12CC[C@@]3(C)C4C(=CC[C@]3(C)C1[C@H](O)C[C@H]2C(C)C)[C@@]1(C)C[C@@H](O)[C@H](O)C(C)(C)C1C[C@@H]4O. The van der Waals surface area contributed by atoms with Crippen LogP contribution < -0.4 is 0 Å². The lowest BCUT2D eigenvalue weighted by molar-refractivity contribution is -0.223. The van der Waals surface area contributed by atoms with Gasteiger partial charge in [0.1, 0.15) is 0 Å². The first-order valence-corrected chi connectivity index (χ1v) is 15.0. The molecular formula is C32H52O6. The largest absolute Gasteiger partial charge is 0.465 e. The van der Waals surface area contributed by atoms with Crippen LogP contribution in [0.4, 0.5) is 0 Å². The predicted molar refractivity (Wildman–Crippen MR) is 146 cm³/mol. The maximum Gasteiger partial charge on any atom is 0.302 e. The van der Waals surface area contributed by atoms with Crippen molar-refractivity contribution in [1.29, 1.82) is 0 Å². The first kappa shape index (κ1) is 28.6. The van der Waals surface area contributed by atoms with Gasteiger partial charge in [-0.05, 0) is 77.9 Å². The molecule has 216 valence electrons. The zero-order valence-corrected chi connectivity index (χ0v) is 24.8. The van der Waals surface area contributed by atoms with Crippen molar-refractivity contribution in [2.75, 3.05) is 6.61 Å². The third-order valence-corrected chi connectivity index (χ3v) is 13.4. The number of esters is 1. The van der Waals surface area contributed by atoms with Crippen LogP contribution in [0.5, 0.6) is 0 Å². The molecule has 12 atom stereocenters. The van der Waals surface area contributed by atoms with Crippen molar-refractivity contribution in [2.24, 2.45) is 56.7 Å². The molecule has 0 aromatic carbocycles. The number of carbonyl (C=O) groups excluding carboxylic acids is 1. The first-order chi connectivity index (χ1) is 17.5. The summed E-state index contributed by atoms with van der Waals surface area (Å²) in [4.78, 5) is 12.0. The van der Waals surface area contributed by atoms with E-state index in [0.29, 0.717) is 25.4 Å². The Morgan fingerprint density at radius 2 is 1.63 bits per heavy atom. The van der Waals surface area contributed by atoms with Crippen molar-refractivity contribution in [3.63, 3.8) is 0 Å². The van der Waals surface area contributed by atoms with E-state index in [1.54, 1.807) is 0 Å². The van der Waals surface area contributed by atoms with Gasteiger partial charge in [-0.1, -0.05) is 60.1 Å². The molecule has 0 spiro atoms. The lowest BCUT2D eigenvalue weighted by atomic mass is 9.35. The number of allylic oxidation sites excluding steroid dienone is 1. The average molecular weight is 533 g/mol. The van der Waals surface area contributed by atoms with Gasteiger partial charge in [-0.3, -0.25) is 4.79 Å². The molecule has 0 radical (unpaired) electrons. The van der Waals surface area contributed by atoms with Crippen LogP contribution in [-0.2, 0) is 9.53 Å². The number of fused-ring (bicyclic) bond motifs is 7. The molecule has 0 aromatic rings. The highest BCUT2D eigenvalue weighted by molar-refractivity contribution is 5.66. The van der Waals surface area contributed by atoms with Gasteiger partial charge in [-0.2, -0.15) is 0 Å². The minimum Gasteiger partial charge on any atom is -0.465 e. The van der Waals surface area contributed by atoms with Gasteiger partial charge < -0.3 is 25.2 Å². The van der Waals surface area contributed by atoms with Gasteiger partial charge in [0, 0.05) is 24.2 Å². The van der Waals surface area contributed by atoms with Crippen molar-refractivity contribution in [3.05, 3.63) is 11.6 Å². The quantitative estimate of drug-likeness (QED) is 0.315. The number of hydrogen-bond donors (Lipinski definition) is 4. The molecular weight excluding hydrogens is 480 g/mol. The fourth-order valence-corrected chi connectivity index (χ4v) is 11.6. The fraction of sp³-hybridized carbons (Fsp3) is 0.906. The summed E-state index contributed by atoms with van der Waals surface area (Å²) < 4.78 is 5.77. The molecule has 4 N–H and O–H groups in total. The lowest BCUT2D eigenvalue weighted by Gasteiger charge is -2.70. The number of aliphatic hydroxyl groups is 4. The zero-order valence-electron chi connectivity index (χ0n) is 24.8. The third-order valence-electron chi connectivity index (χ3n) is 13.4. The fourth-order valence-electron chi connectivity index (χ4n) is 11.6. The van der Waals surface area contributed by atoms with Crippen LogP contribution in [0.15, 0.2) is 11.6 Å². The van der Waals surface area contributed by atoms with Crippen molar-refractivity contribution in [3.8, 4) is 0 Å². The number of rotatable bonds is 3. The van der Waals surface area contributed by atoms with Gasteiger partial charge in [0.05, 0.1) is 31.0 Å². The van der Waals surface area contributed by atoms with Crippen molar-refractivity contribution in [2.45, 2.75) is 118 Å². The van der Waals surface area contributed by atoms with E-state index in [-0.39, 0.29) is 51.3 Å². The molecule has 3 unspecified atom stereocenters. The highest BCUT2D eigenvalue weighted by Gasteiger charge is 2.73. The van der Waals surface area contributed by atoms with Gasteiger partial charge in [0.25, 0.3) is 0 Å². The maximum absolute atomic E-state index is 12.0. The minimum atomic E-state index is -0.812. The molecule has 6 nitrogen and oxygen atoms in total. The van der Waals surface area contributed by atoms with Crippen LogP contribution in [0.1, 0.15) is 93.9 Å². The van der Waals surface area contributed by atoms with Crippen LogP contribution in [0.3, 0.4) is 0 Å². The number of ether oxygens (including phenoxy) is 1. The van der Waals surface area contributed by atoms with E-state index < -0.39 is 29.8 Å². The monoisotopic (exact) mass is 532 g/mol. The van der Waals surface area contributed by atoms with E-state index in [1.807, 2.05) is 13.8 Å². The van der Waals surface area contributed by atoms with Crippen molar-refractivity contribution >= 4 is 5.97 Å². The topological polar surface area (TPSA) is 107 Å². The third kappa shape index (κ3) is 3.48. The summed E-state index contributed by atoms with van der Waals surface area (Å²) >= 11 is 0. The van der Waals surface area contributed by atoms with E-state index in [0.717, 1.165) is 25.7 Å². The Bertz CT molecular complexity index is 1000. The molecule has 6 heteroatoms. The summed E-state index contributed by atoms with van der Waals surface area (Å²) in [5.74, 6) is 0.318. The number of hydrogen-bond acceptors (Lipinski definition) is 6.